The topological polar surface area (TPSA) is 64.1 Å². The molecule has 1 rings (SSSR count). The van der Waals surface area contributed by atoms with Gasteiger partial charge in [-0.2, -0.15) is 0 Å². The lowest BCUT2D eigenvalue weighted by Gasteiger charge is -2.14. The van der Waals surface area contributed by atoms with E-state index in [2.05, 4.69) is 41.6 Å². The summed E-state index contributed by atoms with van der Waals surface area (Å²) in [4.78, 5) is 4.66. The lowest BCUT2D eigenvalue weighted by molar-refractivity contribution is 0.0689. The molecule has 0 fully saturated rings. The Kier molecular flexibility index (Phi) is 18.8. The summed E-state index contributed by atoms with van der Waals surface area (Å²) in [6, 6.07) is 10.3. The number of halogens is 1. The number of methoxy groups -OCH3 is 1. The Balaban J connectivity index is 0.00000729. The molecule has 0 aliphatic heterocycles. The number of rotatable bonds is 15. The van der Waals surface area contributed by atoms with Gasteiger partial charge in [0.2, 0.25) is 0 Å². The van der Waals surface area contributed by atoms with E-state index in [0.29, 0.717) is 32.3 Å². The van der Waals surface area contributed by atoms with Gasteiger partial charge in [0.05, 0.1) is 26.4 Å². The standard InChI is InChI=1S/C21H37N3O3.HI/c1-4-22-21(23-12-8-9-13-26-15-14-25-3)24-16-19(2)17-27-18-20-10-6-5-7-11-20;/h5-7,10-11,19H,4,8-9,12-18H2,1-3H3,(H2,22,23,24);1H. The lowest BCUT2D eigenvalue weighted by Crippen LogP contribution is -2.38. The quantitative estimate of drug-likeness (QED) is 0.165. The molecule has 6 nitrogen and oxygen atoms in total. The Morgan fingerprint density at radius 1 is 1.04 bits per heavy atom. The third kappa shape index (κ3) is 15.1. The molecule has 0 bridgehead atoms. The van der Waals surface area contributed by atoms with Crippen LogP contribution in [0, 0.1) is 5.92 Å². The van der Waals surface area contributed by atoms with Crippen molar-refractivity contribution in [2.45, 2.75) is 33.3 Å². The number of hydrogen-bond acceptors (Lipinski definition) is 4. The van der Waals surface area contributed by atoms with Crippen molar-refractivity contribution in [3.63, 3.8) is 0 Å². The van der Waals surface area contributed by atoms with Crippen molar-refractivity contribution in [1.29, 1.82) is 0 Å². The minimum absolute atomic E-state index is 0. The van der Waals surface area contributed by atoms with Gasteiger partial charge in [0.15, 0.2) is 5.96 Å². The van der Waals surface area contributed by atoms with E-state index in [-0.39, 0.29) is 24.0 Å². The summed E-state index contributed by atoms with van der Waals surface area (Å²) in [5, 5.41) is 6.67. The molecule has 1 aromatic carbocycles. The minimum Gasteiger partial charge on any atom is -0.382 e. The molecule has 0 saturated heterocycles. The van der Waals surface area contributed by atoms with Crippen LogP contribution in [0.1, 0.15) is 32.3 Å². The van der Waals surface area contributed by atoms with Crippen molar-refractivity contribution in [1.82, 2.24) is 10.6 Å². The molecule has 1 aromatic rings. The molecule has 1 unspecified atom stereocenters. The van der Waals surface area contributed by atoms with Crippen molar-refractivity contribution in [2.75, 3.05) is 53.2 Å². The van der Waals surface area contributed by atoms with Crippen LogP contribution in [-0.2, 0) is 20.8 Å². The molecule has 7 heteroatoms. The second-order valence-corrected chi connectivity index (χ2v) is 6.56. The number of ether oxygens (including phenoxy) is 3. The third-order valence-electron chi connectivity index (χ3n) is 3.86. The molecule has 0 aliphatic carbocycles. The van der Waals surface area contributed by atoms with Crippen molar-refractivity contribution in [3.05, 3.63) is 35.9 Å². The molecular formula is C21H38IN3O3. The molecule has 0 radical (unpaired) electrons. The molecule has 0 aromatic heterocycles. The molecule has 0 amide bonds. The monoisotopic (exact) mass is 507 g/mol. The van der Waals surface area contributed by atoms with Crippen LogP contribution < -0.4 is 10.6 Å². The summed E-state index contributed by atoms with van der Waals surface area (Å²) >= 11 is 0. The van der Waals surface area contributed by atoms with Gasteiger partial charge in [0.25, 0.3) is 0 Å². The Labute approximate surface area is 187 Å². The first kappa shape index (κ1) is 27.1. The van der Waals surface area contributed by atoms with Crippen LogP contribution in [0.5, 0.6) is 0 Å². The fraction of sp³-hybridized carbons (Fsp3) is 0.667. The first-order valence-corrected chi connectivity index (χ1v) is 9.96. The van der Waals surface area contributed by atoms with Crippen LogP contribution in [0.25, 0.3) is 0 Å². The molecule has 1 atom stereocenters. The highest BCUT2D eigenvalue weighted by Crippen LogP contribution is 2.03. The number of nitrogens with one attached hydrogen (secondary N) is 2. The Hall–Kier alpha value is -0.900. The predicted octanol–water partition coefficient (Wildman–Crippen LogP) is 3.46. The molecular weight excluding hydrogens is 469 g/mol. The van der Waals surface area contributed by atoms with Crippen LogP contribution in [-0.4, -0.2) is 59.1 Å². The van der Waals surface area contributed by atoms with Crippen molar-refractivity contribution >= 4 is 29.9 Å². The molecule has 2 N–H and O–H groups in total. The normalized spacial score (nSPS) is 12.3. The van der Waals surface area contributed by atoms with Crippen molar-refractivity contribution in [2.24, 2.45) is 10.9 Å². The van der Waals surface area contributed by atoms with Crippen molar-refractivity contribution in [3.8, 4) is 0 Å². The zero-order valence-electron chi connectivity index (χ0n) is 17.6. The first-order chi connectivity index (χ1) is 13.3. The number of guanidine groups is 1. The number of benzene rings is 1. The van der Waals surface area contributed by atoms with E-state index in [1.54, 1.807) is 7.11 Å². The van der Waals surface area contributed by atoms with E-state index in [1.807, 2.05) is 18.2 Å². The third-order valence-corrected chi connectivity index (χ3v) is 3.86. The molecule has 0 saturated carbocycles. The van der Waals surface area contributed by atoms with E-state index in [4.69, 9.17) is 14.2 Å². The van der Waals surface area contributed by atoms with Crippen LogP contribution >= 0.6 is 24.0 Å². The van der Waals surface area contributed by atoms with Crippen LogP contribution in [0.3, 0.4) is 0 Å². The average molecular weight is 507 g/mol. The largest absolute Gasteiger partial charge is 0.382 e. The first-order valence-electron chi connectivity index (χ1n) is 9.96. The van der Waals surface area contributed by atoms with Gasteiger partial charge < -0.3 is 24.8 Å². The summed E-state index contributed by atoms with van der Waals surface area (Å²) in [6.07, 6.45) is 2.08. The van der Waals surface area contributed by atoms with Gasteiger partial charge in [0, 0.05) is 33.4 Å². The fourth-order valence-electron chi connectivity index (χ4n) is 2.37. The highest BCUT2D eigenvalue weighted by Gasteiger charge is 2.04. The smallest absolute Gasteiger partial charge is 0.191 e. The maximum atomic E-state index is 5.79. The van der Waals surface area contributed by atoms with E-state index >= 15 is 0 Å². The summed E-state index contributed by atoms with van der Waals surface area (Å²) in [7, 11) is 1.69. The highest BCUT2D eigenvalue weighted by molar-refractivity contribution is 14.0. The van der Waals surface area contributed by atoms with E-state index < -0.39 is 0 Å². The highest BCUT2D eigenvalue weighted by atomic mass is 127. The van der Waals surface area contributed by atoms with E-state index in [9.17, 15) is 0 Å². The predicted molar refractivity (Wildman–Crippen MR) is 127 cm³/mol. The second-order valence-electron chi connectivity index (χ2n) is 6.56. The SMILES string of the molecule is CCNC(=NCC(C)COCc1ccccc1)NCCCCOCCOC.I. The maximum Gasteiger partial charge on any atom is 0.191 e. The van der Waals surface area contributed by atoms with Gasteiger partial charge in [-0.3, -0.25) is 4.99 Å². The van der Waals surface area contributed by atoms with Crippen molar-refractivity contribution < 1.29 is 14.2 Å². The van der Waals surface area contributed by atoms with Gasteiger partial charge in [-0.25, -0.2) is 0 Å². The van der Waals surface area contributed by atoms with E-state index in [1.165, 1.54) is 5.56 Å². The zero-order chi connectivity index (χ0) is 19.6. The van der Waals surface area contributed by atoms with E-state index in [0.717, 1.165) is 45.0 Å². The lowest BCUT2D eigenvalue weighted by atomic mass is 10.2. The number of aliphatic imine (C=N–C) groups is 1. The summed E-state index contributed by atoms with van der Waals surface area (Å²) in [5.74, 6) is 1.24. The van der Waals surface area contributed by atoms with Gasteiger partial charge in [-0.15, -0.1) is 24.0 Å². The van der Waals surface area contributed by atoms with Gasteiger partial charge >= 0.3 is 0 Å². The Morgan fingerprint density at radius 3 is 2.54 bits per heavy atom. The Bertz CT molecular complexity index is 489. The summed E-state index contributed by atoms with van der Waals surface area (Å²) in [6.45, 7) is 10.2. The summed E-state index contributed by atoms with van der Waals surface area (Å²) in [5.41, 5.74) is 1.20. The maximum absolute atomic E-state index is 5.79. The zero-order valence-corrected chi connectivity index (χ0v) is 19.9. The number of unbranched alkanes of at least 4 members (excludes halogenated alkanes) is 1. The molecule has 0 heterocycles. The molecule has 0 aliphatic rings. The minimum atomic E-state index is 0. The van der Waals surface area contributed by atoms with Crippen LogP contribution in [0.4, 0.5) is 0 Å². The fourth-order valence-corrected chi connectivity index (χ4v) is 2.37. The second kappa shape index (κ2) is 19.4. The number of hydrogen-bond donors (Lipinski definition) is 2. The van der Waals surface area contributed by atoms with Crippen LogP contribution in [0.2, 0.25) is 0 Å². The molecule has 0 spiro atoms. The van der Waals surface area contributed by atoms with Gasteiger partial charge in [-0.05, 0) is 31.2 Å². The summed E-state index contributed by atoms with van der Waals surface area (Å²) < 4.78 is 16.2. The average Bonchev–Trinajstić information content (AvgIpc) is 2.69. The molecule has 28 heavy (non-hydrogen) atoms. The van der Waals surface area contributed by atoms with Crippen LogP contribution in [0.15, 0.2) is 35.3 Å². The molecule has 162 valence electrons. The van der Waals surface area contributed by atoms with Gasteiger partial charge in [0.1, 0.15) is 0 Å². The number of nitrogens with zero attached hydrogens (tertiary/aromatic N) is 1. The van der Waals surface area contributed by atoms with Gasteiger partial charge in [-0.1, -0.05) is 37.3 Å². The Morgan fingerprint density at radius 2 is 1.82 bits per heavy atom.